The number of rotatable bonds is 9. The van der Waals surface area contributed by atoms with Crippen LogP contribution >= 0.6 is 47.2 Å². The summed E-state index contributed by atoms with van der Waals surface area (Å²) in [6, 6.07) is 8.99. The molecule has 0 unspecified atom stereocenters. The van der Waals surface area contributed by atoms with Gasteiger partial charge in [0.25, 0.3) is 11.6 Å². The third-order valence-corrected chi connectivity index (χ3v) is 6.09. The Bertz CT molecular complexity index is 1120. The second-order valence-electron chi connectivity index (χ2n) is 6.33. The van der Waals surface area contributed by atoms with Crippen molar-refractivity contribution in [2.45, 2.75) is 0 Å². The highest BCUT2D eigenvalue weighted by molar-refractivity contribution is 8.26. The van der Waals surface area contributed by atoms with Gasteiger partial charge in [-0.1, -0.05) is 53.3 Å². The van der Waals surface area contributed by atoms with Gasteiger partial charge in [-0.05, 0) is 24.3 Å². The molecule has 1 aliphatic rings. The number of nitrogens with zero attached hydrogens (tertiary/aromatic N) is 2. The second kappa shape index (κ2) is 10.8. The normalized spacial score (nSPS) is 14.7. The molecule has 0 spiro atoms. The predicted octanol–water partition coefficient (Wildman–Crippen LogP) is 5.75. The van der Waals surface area contributed by atoms with Crippen molar-refractivity contribution in [1.82, 2.24) is 4.90 Å². The zero-order valence-electron chi connectivity index (χ0n) is 16.5. The van der Waals surface area contributed by atoms with Crippen molar-refractivity contribution in [3.8, 4) is 11.5 Å². The molecule has 2 aromatic rings. The Hall–Kier alpha value is -2.59. The van der Waals surface area contributed by atoms with E-state index in [0.29, 0.717) is 36.3 Å². The maximum Gasteiger partial charge on any atom is 0.270 e. The van der Waals surface area contributed by atoms with Gasteiger partial charge < -0.3 is 9.47 Å². The van der Waals surface area contributed by atoms with E-state index in [4.69, 9.17) is 44.9 Å². The van der Waals surface area contributed by atoms with Crippen molar-refractivity contribution in [2.24, 2.45) is 0 Å². The molecule has 0 aliphatic carbocycles. The van der Waals surface area contributed by atoms with Crippen molar-refractivity contribution in [3.63, 3.8) is 0 Å². The maximum atomic E-state index is 12.6. The summed E-state index contributed by atoms with van der Waals surface area (Å²) in [4.78, 5) is 25.0. The standard InChI is InChI=1S/C21H16Cl2N2O5S2/c1-2-7-24-20(26)19(32-21(24)31)11-13-10-15(25(27)28)4-6-17(13)29-8-9-30-18-12-14(22)3-5-16(18)23/h2-6,10-12H,1,7-9H2. The Morgan fingerprint density at radius 3 is 2.56 bits per heavy atom. The Balaban J connectivity index is 1.77. The van der Waals surface area contributed by atoms with E-state index in [0.717, 1.165) is 11.8 Å². The molecule has 1 amide bonds. The molecule has 2 aromatic carbocycles. The van der Waals surface area contributed by atoms with Gasteiger partial charge in [0.15, 0.2) is 0 Å². The monoisotopic (exact) mass is 510 g/mol. The van der Waals surface area contributed by atoms with Crippen molar-refractivity contribution in [3.05, 3.63) is 79.7 Å². The van der Waals surface area contributed by atoms with Gasteiger partial charge in [0.1, 0.15) is 29.0 Å². The van der Waals surface area contributed by atoms with Crippen LogP contribution in [-0.4, -0.2) is 39.8 Å². The molecule has 7 nitrogen and oxygen atoms in total. The minimum Gasteiger partial charge on any atom is -0.489 e. The molecule has 0 N–H and O–H groups in total. The van der Waals surface area contributed by atoms with Crippen LogP contribution < -0.4 is 9.47 Å². The number of benzene rings is 2. The lowest BCUT2D eigenvalue weighted by Gasteiger charge is -2.12. The number of non-ortho nitro benzene ring substituents is 1. The number of nitro benzene ring substituents is 1. The summed E-state index contributed by atoms with van der Waals surface area (Å²) in [7, 11) is 0. The van der Waals surface area contributed by atoms with Crippen LogP contribution in [0, 0.1) is 10.1 Å². The number of thioether (sulfide) groups is 1. The lowest BCUT2D eigenvalue weighted by Crippen LogP contribution is -2.27. The highest BCUT2D eigenvalue weighted by Gasteiger charge is 2.31. The first-order valence-electron chi connectivity index (χ1n) is 9.15. The molecule has 166 valence electrons. The fourth-order valence-electron chi connectivity index (χ4n) is 2.71. The van der Waals surface area contributed by atoms with Crippen LogP contribution in [0.5, 0.6) is 11.5 Å². The van der Waals surface area contributed by atoms with E-state index in [-0.39, 0.29) is 31.4 Å². The minimum absolute atomic E-state index is 0.124. The molecule has 1 heterocycles. The fraction of sp³-hybridized carbons (Fsp3) is 0.143. The summed E-state index contributed by atoms with van der Waals surface area (Å²) in [5.74, 6) is 0.472. The van der Waals surface area contributed by atoms with Crippen LogP contribution in [0.3, 0.4) is 0 Å². The number of carbonyl (C=O) groups is 1. The quantitative estimate of drug-likeness (QED) is 0.106. The number of carbonyl (C=O) groups excluding carboxylic acids is 1. The summed E-state index contributed by atoms with van der Waals surface area (Å²) in [6.45, 7) is 4.17. The summed E-state index contributed by atoms with van der Waals surface area (Å²) in [6.07, 6.45) is 3.10. The van der Waals surface area contributed by atoms with Crippen LogP contribution in [0.4, 0.5) is 5.69 Å². The number of thiocarbonyl (C=S) groups is 1. The Labute approximate surface area is 203 Å². The SMILES string of the molecule is C=CCN1C(=O)C(=Cc2cc([N+](=O)[O-])ccc2OCCOc2cc(Cl)ccc2Cl)SC1=S. The van der Waals surface area contributed by atoms with Gasteiger partial charge in [0.2, 0.25) is 0 Å². The van der Waals surface area contributed by atoms with E-state index >= 15 is 0 Å². The Morgan fingerprint density at radius 2 is 1.88 bits per heavy atom. The van der Waals surface area contributed by atoms with E-state index in [1.165, 1.54) is 29.2 Å². The topological polar surface area (TPSA) is 81.9 Å². The van der Waals surface area contributed by atoms with Crippen LogP contribution in [0.15, 0.2) is 54.0 Å². The van der Waals surface area contributed by atoms with Gasteiger partial charge >= 0.3 is 0 Å². The summed E-state index contributed by atoms with van der Waals surface area (Å²) >= 11 is 18.4. The molecule has 0 atom stereocenters. The number of ether oxygens (including phenoxy) is 2. The van der Waals surface area contributed by atoms with Gasteiger partial charge in [-0.15, -0.1) is 6.58 Å². The van der Waals surface area contributed by atoms with E-state index in [9.17, 15) is 14.9 Å². The van der Waals surface area contributed by atoms with Gasteiger partial charge in [-0.2, -0.15) is 0 Å². The van der Waals surface area contributed by atoms with Crippen molar-refractivity contribution in [2.75, 3.05) is 19.8 Å². The zero-order chi connectivity index (χ0) is 23.3. The number of nitro groups is 1. The summed E-state index contributed by atoms with van der Waals surface area (Å²) < 4.78 is 11.7. The summed E-state index contributed by atoms with van der Waals surface area (Å²) in [5, 5.41) is 12.1. The van der Waals surface area contributed by atoms with Crippen LogP contribution in [0.2, 0.25) is 10.0 Å². The van der Waals surface area contributed by atoms with Crippen molar-refractivity contribution in [1.29, 1.82) is 0 Å². The predicted molar refractivity (Wildman–Crippen MR) is 131 cm³/mol. The molecule has 32 heavy (non-hydrogen) atoms. The first-order valence-corrected chi connectivity index (χ1v) is 11.1. The molecule has 11 heteroatoms. The minimum atomic E-state index is -0.520. The average molecular weight is 511 g/mol. The van der Waals surface area contributed by atoms with Crippen LogP contribution in [0.25, 0.3) is 6.08 Å². The lowest BCUT2D eigenvalue weighted by molar-refractivity contribution is -0.384. The van der Waals surface area contributed by atoms with E-state index in [1.54, 1.807) is 24.3 Å². The number of hydrogen-bond donors (Lipinski definition) is 0. The number of amides is 1. The van der Waals surface area contributed by atoms with Crippen LogP contribution in [0.1, 0.15) is 5.56 Å². The number of hydrogen-bond acceptors (Lipinski definition) is 7. The molecule has 0 bridgehead atoms. The van der Waals surface area contributed by atoms with Gasteiger partial charge in [-0.3, -0.25) is 19.8 Å². The molecule has 0 aromatic heterocycles. The molecule has 1 saturated heterocycles. The zero-order valence-corrected chi connectivity index (χ0v) is 19.6. The lowest BCUT2D eigenvalue weighted by atomic mass is 10.1. The molecule has 1 aliphatic heterocycles. The average Bonchev–Trinajstić information content (AvgIpc) is 3.02. The third-order valence-electron chi connectivity index (χ3n) is 4.17. The smallest absolute Gasteiger partial charge is 0.270 e. The molecule has 0 radical (unpaired) electrons. The molecular weight excluding hydrogens is 495 g/mol. The first kappa shape index (κ1) is 24.1. The fourth-order valence-corrected chi connectivity index (χ4v) is 4.31. The van der Waals surface area contributed by atoms with Gasteiger partial charge in [-0.25, -0.2) is 0 Å². The van der Waals surface area contributed by atoms with Crippen LogP contribution in [-0.2, 0) is 4.79 Å². The van der Waals surface area contributed by atoms with Gasteiger partial charge in [0.05, 0.1) is 14.9 Å². The highest BCUT2D eigenvalue weighted by atomic mass is 35.5. The maximum absolute atomic E-state index is 12.6. The third kappa shape index (κ3) is 5.80. The molecule has 0 saturated carbocycles. The van der Waals surface area contributed by atoms with E-state index in [1.807, 2.05) is 0 Å². The second-order valence-corrected chi connectivity index (χ2v) is 8.85. The van der Waals surface area contributed by atoms with E-state index in [2.05, 4.69) is 6.58 Å². The van der Waals surface area contributed by atoms with Crippen molar-refractivity contribution >= 4 is 69.2 Å². The van der Waals surface area contributed by atoms with Crippen molar-refractivity contribution < 1.29 is 19.2 Å². The molecular formula is C21H16Cl2N2O5S2. The summed E-state index contributed by atoms with van der Waals surface area (Å²) in [5.41, 5.74) is 0.242. The molecule has 1 fully saturated rings. The number of halogens is 2. The van der Waals surface area contributed by atoms with Gasteiger partial charge in [0, 0.05) is 35.3 Å². The first-order chi connectivity index (χ1) is 15.3. The van der Waals surface area contributed by atoms with E-state index < -0.39 is 4.92 Å². The molecule has 3 rings (SSSR count). The highest BCUT2D eigenvalue weighted by Crippen LogP contribution is 2.35. The Kier molecular flexibility index (Phi) is 8.14. The largest absolute Gasteiger partial charge is 0.489 e. The Morgan fingerprint density at radius 1 is 1.16 bits per heavy atom.